The number of carbonyl (C=O) groups is 2. The minimum absolute atomic E-state index is 0.0313. The fourth-order valence-corrected chi connectivity index (χ4v) is 3.89. The van der Waals surface area contributed by atoms with E-state index in [1.165, 1.54) is 6.42 Å². The van der Waals surface area contributed by atoms with Crippen molar-refractivity contribution in [3.8, 4) is 0 Å². The first-order valence-electron chi connectivity index (χ1n) is 6.97. The van der Waals surface area contributed by atoms with E-state index >= 15 is 0 Å². The maximum absolute atomic E-state index is 12.2. The Kier molecular flexibility index (Phi) is 6.17. The zero-order chi connectivity index (χ0) is 14.5. The molecule has 1 aliphatic rings. The van der Waals surface area contributed by atoms with E-state index < -0.39 is 22.2 Å². The highest BCUT2D eigenvalue weighted by atomic mass is 32.2. The van der Waals surface area contributed by atoms with Crippen molar-refractivity contribution in [3.63, 3.8) is 0 Å². The highest BCUT2D eigenvalue weighted by Crippen LogP contribution is 2.25. The van der Waals surface area contributed by atoms with Crippen LogP contribution in [0.25, 0.3) is 0 Å². The van der Waals surface area contributed by atoms with Crippen LogP contribution in [-0.4, -0.2) is 33.6 Å². The quantitative estimate of drug-likeness (QED) is 0.555. The number of esters is 1. The third-order valence-electron chi connectivity index (χ3n) is 3.68. The van der Waals surface area contributed by atoms with Gasteiger partial charge in [-0.3, -0.25) is 13.8 Å². The third-order valence-corrected chi connectivity index (χ3v) is 5.44. The van der Waals surface area contributed by atoms with Crippen LogP contribution in [0, 0.1) is 5.41 Å². The molecule has 0 N–H and O–H groups in total. The third kappa shape index (κ3) is 4.41. The molecule has 1 atom stereocenters. The molecule has 0 bridgehead atoms. The van der Waals surface area contributed by atoms with Crippen molar-refractivity contribution >= 4 is 22.6 Å². The van der Waals surface area contributed by atoms with Crippen LogP contribution in [0.2, 0.25) is 0 Å². The fourth-order valence-electron chi connectivity index (χ4n) is 2.18. The van der Waals surface area contributed by atoms with Gasteiger partial charge in [0.25, 0.3) is 0 Å². The molecule has 0 heterocycles. The van der Waals surface area contributed by atoms with Gasteiger partial charge in [-0.1, -0.05) is 19.3 Å². The van der Waals surface area contributed by atoms with E-state index in [1.807, 2.05) is 0 Å². The molecule has 1 fully saturated rings. The van der Waals surface area contributed by atoms with Crippen LogP contribution in [0.4, 0.5) is 0 Å². The van der Waals surface area contributed by atoms with Gasteiger partial charge < -0.3 is 4.74 Å². The number of ketones is 1. The maximum Gasteiger partial charge on any atom is 0.319 e. The molecule has 0 aromatic heterocycles. The Hall–Kier alpha value is -0.710. The molecule has 0 aromatic rings. The Morgan fingerprint density at radius 2 is 1.79 bits per heavy atom. The lowest BCUT2D eigenvalue weighted by Gasteiger charge is -2.24. The van der Waals surface area contributed by atoms with Gasteiger partial charge in [0.2, 0.25) is 0 Å². The second-order valence-corrected chi connectivity index (χ2v) is 7.27. The van der Waals surface area contributed by atoms with E-state index in [1.54, 1.807) is 20.8 Å². The lowest BCUT2D eigenvalue weighted by Crippen LogP contribution is -2.39. The van der Waals surface area contributed by atoms with E-state index in [4.69, 9.17) is 4.74 Å². The molecule has 0 amide bonds. The molecular formula is C14H24O4S. The number of Topliss-reactive ketones (excluding diaryl/α,β-unsaturated/α-hetero) is 1. The molecule has 110 valence electrons. The molecule has 1 rings (SSSR count). The lowest BCUT2D eigenvalue weighted by atomic mass is 9.89. The van der Waals surface area contributed by atoms with Crippen LogP contribution in [0.3, 0.4) is 0 Å². The summed E-state index contributed by atoms with van der Waals surface area (Å²) in [6, 6.07) is 0. The van der Waals surface area contributed by atoms with E-state index in [0.717, 1.165) is 25.7 Å². The van der Waals surface area contributed by atoms with Gasteiger partial charge in [-0.15, -0.1) is 0 Å². The first-order valence-corrected chi connectivity index (χ1v) is 8.35. The summed E-state index contributed by atoms with van der Waals surface area (Å²) < 4.78 is 17.1. The zero-order valence-electron chi connectivity index (χ0n) is 12.1. The van der Waals surface area contributed by atoms with E-state index in [2.05, 4.69) is 0 Å². The van der Waals surface area contributed by atoms with E-state index in [9.17, 15) is 13.8 Å². The SMILES string of the molecule is CCOC(=O)C(C)(C)C(=O)CS(=O)C1CCCCC1. The summed E-state index contributed by atoms with van der Waals surface area (Å²) in [5.41, 5.74) is -1.19. The largest absolute Gasteiger partial charge is 0.465 e. The summed E-state index contributed by atoms with van der Waals surface area (Å²) in [6.07, 6.45) is 5.23. The molecule has 0 saturated heterocycles. The number of rotatable bonds is 6. The number of hydrogen-bond acceptors (Lipinski definition) is 4. The number of carbonyl (C=O) groups excluding carboxylic acids is 2. The van der Waals surface area contributed by atoms with Gasteiger partial charge >= 0.3 is 5.97 Å². The van der Waals surface area contributed by atoms with Crippen LogP contribution in [0.5, 0.6) is 0 Å². The van der Waals surface area contributed by atoms with Gasteiger partial charge in [-0.2, -0.15) is 0 Å². The number of ether oxygens (including phenoxy) is 1. The number of hydrogen-bond donors (Lipinski definition) is 0. The summed E-state index contributed by atoms with van der Waals surface area (Å²) in [7, 11) is -1.16. The van der Waals surface area contributed by atoms with Crippen molar-refractivity contribution in [3.05, 3.63) is 0 Å². The zero-order valence-corrected chi connectivity index (χ0v) is 12.9. The Morgan fingerprint density at radius 3 is 2.32 bits per heavy atom. The molecule has 0 spiro atoms. The first kappa shape index (κ1) is 16.3. The molecule has 5 heteroatoms. The standard InChI is InChI=1S/C14H24O4S/c1-4-18-13(16)14(2,3)12(15)10-19(17)11-8-6-5-7-9-11/h11H,4-10H2,1-3H3. The molecule has 0 aliphatic heterocycles. The first-order chi connectivity index (χ1) is 8.89. The summed E-state index contributed by atoms with van der Waals surface area (Å²) in [5.74, 6) is -0.841. The van der Waals surface area contributed by atoms with Gasteiger partial charge in [0.1, 0.15) is 5.41 Å². The molecule has 1 unspecified atom stereocenters. The van der Waals surface area contributed by atoms with Gasteiger partial charge in [-0.25, -0.2) is 0 Å². The summed E-state index contributed by atoms with van der Waals surface area (Å²) >= 11 is 0. The topological polar surface area (TPSA) is 60.4 Å². The van der Waals surface area contributed by atoms with Crippen molar-refractivity contribution in [2.24, 2.45) is 5.41 Å². The van der Waals surface area contributed by atoms with Crippen LogP contribution >= 0.6 is 0 Å². The second-order valence-electron chi connectivity index (χ2n) is 5.55. The van der Waals surface area contributed by atoms with Gasteiger partial charge in [0, 0.05) is 16.0 Å². The Bertz CT molecular complexity index is 356. The van der Waals surface area contributed by atoms with Crippen LogP contribution in [-0.2, 0) is 25.1 Å². The van der Waals surface area contributed by atoms with Gasteiger partial charge in [0.05, 0.1) is 12.4 Å². The molecule has 0 aromatic carbocycles. The molecule has 1 saturated carbocycles. The van der Waals surface area contributed by atoms with Crippen molar-refractivity contribution in [1.82, 2.24) is 0 Å². The predicted molar refractivity (Wildman–Crippen MR) is 75.3 cm³/mol. The minimum atomic E-state index is -1.19. The molecule has 0 radical (unpaired) electrons. The molecule has 19 heavy (non-hydrogen) atoms. The highest BCUT2D eigenvalue weighted by molar-refractivity contribution is 7.86. The average Bonchev–Trinajstić information content (AvgIpc) is 2.39. The fraction of sp³-hybridized carbons (Fsp3) is 0.857. The van der Waals surface area contributed by atoms with Gasteiger partial charge in [0.15, 0.2) is 5.78 Å². The van der Waals surface area contributed by atoms with Gasteiger partial charge in [-0.05, 0) is 33.6 Å². The monoisotopic (exact) mass is 288 g/mol. The predicted octanol–water partition coefficient (Wildman–Crippen LogP) is 2.23. The van der Waals surface area contributed by atoms with Crippen molar-refractivity contribution in [1.29, 1.82) is 0 Å². The van der Waals surface area contributed by atoms with E-state index in [-0.39, 0.29) is 23.4 Å². The maximum atomic E-state index is 12.2. The normalized spacial score (nSPS) is 18.9. The minimum Gasteiger partial charge on any atom is -0.465 e. The van der Waals surface area contributed by atoms with Crippen LogP contribution in [0.15, 0.2) is 0 Å². The smallest absolute Gasteiger partial charge is 0.319 e. The molecule has 4 nitrogen and oxygen atoms in total. The lowest BCUT2D eigenvalue weighted by molar-refractivity contribution is -0.157. The Morgan fingerprint density at radius 1 is 1.21 bits per heavy atom. The van der Waals surface area contributed by atoms with Crippen LogP contribution < -0.4 is 0 Å². The van der Waals surface area contributed by atoms with Crippen molar-refractivity contribution < 1.29 is 18.5 Å². The second kappa shape index (κ2) is 7.17. The van der Waals surface area contributed by atoms with Crippen molar-refractivity contribution in [2.45, 2.75) is 58.1 Å². The molecular weight excluding hydrogens is 264 g/mol. The Balaban J connectivity index is 2.57. The Labute approximate surface area is 117 Å². The molecule has 1 aliphatic carbocycles. The van der Waals surface area contributed by atoms with Crippen LogP contribution in [0.1, 0.15) is 52.9 Å². The average molecular weight is 288 g/mol. The summed E-state index contributed by atoms with van der Waals surface area (Å²) in [5, 5.41) is 0.121. The summed E-state index contributed by atoms with van der Waals surface area (Å²) in [4.78, 5) is 23.9. The van der Waals surface area contributed by atoms with Crippen molar-refractivity contribution in [2.75, 3.05) is 12.4 Å². The highest BCUT2D eigenvalue weighted by Gasteiger charge is 2.38. The summed E-state index contributed by atoms with van der Waals surface area (Å²) in [6.45, 7) is 5.05. The van der Waals surface area contributed by atoms with E-state index in [0.29, 0.717) is 0 Å².